The predicted molar refractivity (Wildman–Crippen MR) is 87.0 cm³/mol. The minimum atomic E-state index is 0.795. The number of nitrogens with zero attached hydrogens (tertiary/aromatic N) is 3. The van der Waals surface area contributed by atoms with Gasteiger partial charge >= 0.3 is 0 Å². The number of aryl methyl sites for hydroxylation is 1. The lowest BCUT2D eigenvalue weighted by molar-refractivity contribution is 0.134. The highest BCUT2D eigenvalue weighted by atomic mass is 35.5. The van der Waals surface area contributed by atoms with E-state index >= 15 is 0 Å². The van der Waals surface area contributed by atoms with Crippen molar-refractivity contribution in [2.45, 2.75) is 38.6 Å². The highest BCUT2D eigenvalue weighted by Gasteiger charge is 2.42. The van der Waals surface area contributed by atoms with Gasteiger partial charge in [0.15, 0.2) is 0 Å². The lowest BCUT2D eigenvalue weighted by Gasteiger charge is -2.41. The van der Waals surface area contributed by atoms with Crippen molar-refractivity contribution >= 4 is 17.4 Å². The molecule has 2 aliphatic carbocycles. The average Bonchev–Trinajstić information content (AvgIpc) is 3.10. The van der Waals surface area contributed by atoms with E-state index in [0.29, 0.717) is 0 Å². The smallest absolute Gasteiger partial charge is 0.147 e. The fourth-order valence-electron chi connectivity index (χ4n) is 4.68. The molecular formula is C17H24ClN3. The van der Waals surface area contributed by atoms with Gasteiger partial charge < -0.3 is 4.90 Å². The first kappa shape index (κ1) is 13.8. The fraction of sp³-hybridized carbons (Fsp3) is 0.706. The summed E-state index contributed by atoms with van der Waals surface area (Å²) in [6.45, 7) is 6.49. The topological polar surface area (TPSA) is 19.4 Å². The van der Waals surface area contributed by atoms with Crippen molar-refractivity contribution < 1.29 is 0 Å². The monoisotopic (exact) mass is 305 g/mol. The first-order chi connectivity index (χ1) is 10.2. The quantitative estimate of drug-likeness (QED) is 0.835. The standard InChI is InChI=1S/C17H24ClN3/c1-12-8-15(18)17(19-11-12)21-6-4-20(5-7-21)16-10-13-2-3-14(16)9-13/h8,11,13-14,16H,2-7,9-10H2,1H3/t13?,14?,16-/m0/s1. The van der Waals surface area contributed by atoms with Crippen LogP contribution in [0.2, 0.25) is 5.02 Å². The van der Waals surface area contributed by atoms with Crippen molar-refractivity contribution in [1.29, 1.82) is 0 Å². The van der Waals surface area contributed by atoms with E-state index in [1.807, 2.05) is 19.2 Å². The number of aromatic nitrogens is 1. The fourth-order valence-corrected chi connectivity index (χ4v) is 5.02. The van der Waals surface area contributed by atoms with Crippen LogP contribution in [0, 0.1) is 18.8 Å². The van der Waals surface area contributed by atoms with Crippen LogP contribution < -0.4 is 4.90 Å². The van der Waals surface area contributed by atoms with Crippen molar-refractivity contribution in [2.75, 3.05) is 31.1 Å². The van der Waals surface area contributed by atoms with Crippen molar-refractivity contribution in [3.8, 4) is 0 Å². The van der Waals surface area contributed by atoms with Gasteiger partial charge in [0.25, 0.3) is 0 Å². The molecule has 21 heavy (non-hydrogen) atoms. The molecule has 0 radical (unpaired) electrons. The van der Waals surface area contributed by atoms with Crippen LogP contribution in [-0.2, 0) is 0 Å². The first-order valence-electron chi connectivity index (χ1n) is 8.32. The molecule has 0 amide bonds. The van der Waals surface area contributed by atoms with Gasteiger partial charge in [-0.05, 0) is 49.7 Å². The molecule has 4 heteroatoms. The number of piperazine rings is 1. The Kier molecular flexibility index (Phi) is 3.58. The van der Waals surface area contributed by atoms with Crippen LogP contribution in [0.25, 0.3) is 0 Å². The Labute approximate surface area is 132 Å². The Morgan fingerprint density at radius 1 is 1.14 bits per heavy atom. The van der Waals surface area contributed by atoms with E-state index in [1.54, 1.807) is 0 Å². The Morgan fingerprint density at radius 2 is 1.95 bits per heavy atom. The van der Waals surface area contributed by atoms with Crippen LogP contribution in [0.1, 0.15) is 31.2 Å². The number of pyridine rings is 1. The first-order valence-corrected chi connectivity index (χ1v) is 8.69. The Morgan fingerprint density at radius 3 is 2.57 bits per heavy atom. The summed E-state index contributed by atoms with van der Waals surface area (Å²) in [4.78, 5) is 9.63. The number of hydrogen-bond acceptors (Lipinski definition) is 3. The molecule has 114 valence electrons. The Balaban J connectivity index is 1.40. The molecule has 3 fully saturated rings. The third-order valence-electron chi connectivity index (χ3n) is 5.74. The summed E-state index contributed by atoms with van der Waals surface area (Å²) in [7, 11) is 0. The van der Waals surface area contributed by atoms with E-state index < -0.39 is 0 Å². The number of fused-ring (bicyclic) bond motifs is 2. The average molecular weight is 306 g/mol. The van der Waals surface area contributed by atoms with Gasteiger partial charge in [-0.15, -0.1) is 0 Å². The summed E-state index contributed by atoms with van der Waals surface area (Å²) >= 11 is 6.36. The molecule has 2 bridgehead atoms. The van der Waals surface area contributed by atoms with Gasteiger partial charge in [-0.2, -0.15) is 0 Å². The molecule has 1 aromatic heterocycles. The molecule has 2 unspecified atom stereocenters. The van der Waals surface area contributed by atoms with Gasteiger partial charge in [-0.1, -0.05) is 18.0 Å². The highest BCUT2D eigenvalue weighted by molar-refractivity contribution is 6.33. The normalized spacial score (nSPS) is 32.9. The molecule has 0 N–H and O–H groups in total. The molecule has 4 rings (SSSR count). The molecule has 0 spiro atoms. The third kappa shape index (κ3) is 2.55. The zero-order chi connectivity index (χ0) is 14.4. The maximum atomic E-state index is 6.36. The van der Waals surface area contributed by atoms with E-state index in [0.717, 1.165) is 47.4 Å². The van der Waals surface area contributed by atoms with Gasteiger partial charge in [0, 0.05) is 38.4 Å². The summed E-state index contributed by atoms with van der Waals surface area (Å²) in [6.07, 6.45) is 7.83. The molecule has 3 aliphatic rings. The van der Waals surface area contributed by atoms with Crippen molar-refractivity contribution in [3.05, 3.63) is 22.8 Å². The minimum Gasteiger partial charge on any atom is -0.353 e. The van der Waals surface area contributed by atoms with Crippen molar-refractivity contribution in [3.63, 3.8) is 0 Å². The summed E-state index contributed by atoms with van der Waals surface area (Å²) in [5.74, 6) is 2.99. The van der Waals surface area contributed by atoms with Gasteiger partial charge in [0.05, 0.1) is 5.02 Å². The van der Waals surface area contributed by atoms with Gasteiger partial charge in [-0.25, -0.2) is 4.98 Å². The molecule has 3 nitrogen and oxygen atoms in total. The molecule has 3 atom stereocenters. The molecule has 2 saturated carbocycles. The van der Waals surface area contributed by atoms with Gasteiger partial charge in [-0.3, -0.25) is 4.90 Å². The van der Waals surface area contributed by atoms with E-state index in [9.17, 15) is 0 Å². The predicted octanol–water partition coefficient (Wildman–Crippen LogP) is 3.35. The summed E-state index contributed by atoms with van der Waals surface area (Å²) < 4.78 is 0. The second-order valence-electron chi connectivity index (χ2n) is 7.08. The lowest BCUT2D eigenvalue weighted by atomic mass is 9.93. The minimum absolute atomic E-state index is 0.795. The number of rotatable bonds is 2. The SMILES string of the molecule is Cc1cnc(N2CCN([C@H]3CC4CCC3C4)CC2)c(Cl)c1. The van der Waals surface area contributed by atoms with Crippen LogP contribution >= 0.6 is 11.6 Å². The van der Waals surface area contributed by atoms with Crippen LogP contribution in [0.5, 0.6) is 0 Å². The Bertz CT molecular complexity index is 525. The number of hydrogen-bond donors (Lipinski definition) is 0. The highest BCUT2D eigenvalue weighted by Crippen LogP contribution is 2.46. The molecule has 2 heterocycles. The number of anilines is 1. The van der Waals surface area contributed by atoms with E-state index in [2.05, 4.69) is 14.8 Å². The summed E-state index contributed by atoms with van der Waals surface area (Å²) in [6, 6.07) is 2.89. The second-order valence-corrected chi connectivity index (χ2v) is 7.49. The molecule has 1 aromatic rings. The lowest BCUT2D eigenvalue weighted by Crippen LogP contribution is -2.52. The maximum absolute atomic E-state index is 6.36. The summed E-state index contributed by atoms with van der Waals surface area (Å²) in [5, 5.41) is 0.795. The number of halogens is 1. The summed E-state index contributed by atoms with van der Waals surface area (Å²) in [5.41, 5.74) is 1.13. The van der Waals surface area contributed by atoms with Crippen LogP contribution in [0.4, 0.5) is 5.82 Å². The molecule has 0 aromatic carbocycles. The van der Waals surface area contributed by atoms with Crippen molar-refractivity contribution in [1.82, 2.24) is 9.88 Å². The van der Waals surface area contributed by atoms with E-state index in [-0.39, 0.29) is 0 Å². The van der Waals surface area contributed by atoms with E-state index in [4.69, 9.17) is 11.6 Å². The van der Waals surface area contributed by atoms with Gasteiger partial charge in [0.2, 0.25) is 0 Å². The molecule has 1 aliphatic heterocycles. The third-order valence-corrected chi connectivity index (χ3v) is 6.02. The molecular weight excluding hydrogens is 282 g/mol. The van der Waals surface area contributed by atoms with Crippen LogP contribution in [0.3, 0.4) is 0 Å². The zero-order valence-corrected chi connectivity index (χ0v) is 13.5. The zero-order valence-electron chi connectivity index (χ0n) is 12.8. The van der Waals surface area contributed by atoms with Crippen LogP contribution in [-0.4, -0.2) is 42.1 Å². The van der Waals surface area contributed by atoms with Crippen molar-refractivity contribution in [2.24, 2.45) is 11.8 Å². The van der Waals surface area contributed by atoms with Crippen LogP contribution in [0.15, 0.2) is 12.3 Å². The second kappa shape index (κ2) is 5.44. The van der Waals surface area contributed by atoms with Gasteiger partial charge in [0.1, 0.15) is 5.82 Å². The largest absolute Gasteiger partial charge is 0.353 e. The molecule has 1 saturated heterocycles. The Hall–Kier alpha value is -0.800. The maximum Gasteiger partial charge on any atom is 0.147 e. The van der Waals surface area contributed by atoms with E-state index in [1.165, 1.54) is 38.8 Å².